The van der Waals surface area contributed by atoms with E-state index in [0.29, 0.717) is 10.8 Å². The molecule has 1 heterocycles. The van der Waals surface area contributed by atoms with Crippen molar-refractivity contribution >= 4 is 28.2 Å². The van der Waals surface area contributed by atoms with Gasteiger partial charge in [0.1, 0.15) is 0 Å². The van der Waals surface area contributed by atoms with Crippen molar-refractivity contribution in [1.29, 1.82) is 0 Å². The molecule has 1 unspecified atom stereocenters. The molecule has 3 N–H and O–H groups in total. The summed E-state index contributed by atoms with van der Waals surface area (Å²) in [6, 6.07) is 6.68. The summed E-state index contributed by atoms with van der Waals surface area (Å²) in [5.74, 6) is 0. The van der Waals surface area contributed by atoms with E-state index in [0.717, 1.165) is 5.56 Å². The fraction of sp³-hybridized carbons (Fsp3) is 0.167. The van der Waals surface area contributed by atoms with Crippen LogP contribution in [0.3, 0.4) is 0 Å². The maximum Gasteiger partial charge on any atom is 0.325 e. The first kappa shape index (κ1) is 12.5. The predicted molar refractivity (Wildman–Crippen MR) is 71.8 cm³/mol. The lowest BCUT2D eigenvalue weighted by Crippen LogP contribution is -2.19. The molecule has 0 aliphatic heterocycles. The Labute approximate surface area is 108 Å². The van der Waals surface area contributed by atoms with Crippen LogP contribution >= 0.6 is 11.3 Å². The van der Waals surface area contributed by atoms with Crippen molar-refractivity contribution in [2.75, 3.05) is 10.6 Å². The van der Waals surface area contributed by atoms with Gasteiger partial charge in [-0.3, -0.25) is 5.32 Å². The van der Waals surface area contributed by atoms with Gasteiger partial charge in [-0.05, 0) is 24.6 Å². The summed E-state index contributed by atoms with van der Waals surface area (Å²) in [4.78, 5) is 15.5. The molecule has 2 rings (SSSR count). The zero-order valence-corrected chi connectivity index (χ0v) is 10.6. The highest BCUT2D eigenvalue weighted by molar-refractivity contribution is 7.13. The van der Waals surface area contributed by atoms with Crippen LogP contribution in [0.15, 0.2) is 35.8 Å². The van der Waals surface area contributed by atoms with Gasteiger partial charge in [0.25, 0.3) is 0 Å². The summed E-state index contributed by atoms with van der Waals surface area (Å²) in [5.41, 5.74) is 1.47. The summed E-state index contributed by atoms with van der Waals surface area (Å²) in [5, 5.41) is 17.0. The second-order valence-corrected chi connectivity index (χ2v) is 4.61. The molecule has 1 aromatic carbocycles. The topological polar surface area (TPSA) is 74.2 Å². The third kappa shape index (κ3) is 3.28. The highest BCUT2D eigenvalue weighted by atomic mass is 32.1. The van der Waals surface area contributed by atoms with Crippen molar-refractivity contribution < 1.29 is 9.90 Å². The van der Waals surface area contributed by atoms with Crippen LogP contribution in [-0.2, 0) is 0 Å². The number of aromatic nitrogens is 1. The number of benzene rings is 1. The van der Waals surface area contributed by atoms with E-state index in [9.17, 15) is 9.90 Å². The van der Waals surface area contributed by atoms with Crippen molar-refractivity contribution in [2.24, 2.45) is 0 Å². The lowest BCUT2D eigenvalue weighted by Gasteiger charge is -2.08. The van der Waals surface area contributed by atoms with E-state index in [1.54, 1.807) is 42.8 Å². The van der Waals surface area contributed by atoms with Crippen LogP contribution in [0.1, 0.15) is 18.6 Å². The maximum atomic E-state index is 11.6. The Morgan fingerprint density at radius 2 is 2.06 bits per heavy atom. The lowest BCUT2D eigenvalue weighted by atomic mass is 10.1. The zero-order valence-electron chi connectivity index (χ0n) is 9.75. The molecular weight excluding hydrogens is 250 g/mol. The number of anilines is 2. The number of nitrogens with zero attached hydrogens (tertiary/aromatic N) is 1. The zero-order chi connectivity index (χ0) is 13.0. The number of urea groups is 1. The largest absolute Gasteiger partial charge is 0.389 e. The molecule has 0 aliphatic rings. The number of carbonyl (C=O) groups excluding carboxylic acids is 1. The summed E-state index contributed by atoms with van der Waals surface area (Å²) >= 11 is 1.35. The molecule has 2 amide bonds. The Morgan fingerprint density at radius 3 is 2.61 bits per heavy atom. The molecule has 0 saturated heterocycles. The number of carbonyl (C=O) groups is 1. The fourth-order valence-electron chi connectivity index (χ4n) is 1.39. The molecule has 0 bridgehead atoms. The Hall–Kier alpha value is -1.92. The molecule has 0 saturated carbocycles. The minimum atomic E-state index is -0.511. The molecule has 18 heavy (non-hydrogen) atoms. The van der Waals surface area contributed by atoms with Gasteiger partial charge in [-0.25, -0.2) is 9.78 Å². The number of nitrogens with one attached hydrogen (secondary N) is 2. The number of aliphatic hydroxyl groups excluding tert-OH is 1. The van der Waals surface area contributed by atoms with Gasteiger partial charge in [0.15, 0.2) is 5.13 Å². The summed E-state index contributed by atoms with van der Waals surface area (Å²) < 4.78 is 0. The summed E-state index contributed by atoms with van der Waals surface area (Å²) in [7, 11) is 0. The van der Waals surface area contributed by atoms with Gasteiger partial charge in [0.2, 0.25) is 0 Å². The van der Waals surface area contributed by atoms with Crippen molar-refractivity contribution in [1.82, 2.24) is 4.98 Å². The first-order valence-corrected chi connectivity index (χ1v) is 6.28. The molecular formula is C12H13N3O2S. The first-order chi connectivity index (χ1) is 8.65. The molecule has 6 heteroatoms. The van der Waals surface area contributed by atoms with Crippen molar-refractivity contribution in [2.45, 2.75) is 13.0 Å². The minimum absolute atomic E-state index is 0.338. The molecule has 0 fully saturated rings. The number of hydrogen-bond acceptors (Lipinski definition) is 4. The second kappa shape index (κ2) is 5.61. The monoisotopic (exact) mass is 263 g/mol. The summed E-state index contributed by atoms with van der Waals surface area (Å²) in [6.45, 7) is 1.69. The van der Waals surface area contributed by atoms with Crippen LogP contribution in [0, 0.1) is 0 Å². The quantitative estimate of drug-likeness (QED) is 0.797. The summed E-state index contributed by atoms with van der Waals surface area (Å²) in [6.07, 6.45) is 1.11. The highest BCUT2D eigenvalue weighted by Crippen LogP contribution is 2.16. The van der Waals surface area contributed by atoms with E-state index in [4.69, 9.17) is 0 Å². The Kier molecular flexibility index (Phi) is 3.91. The SMILES string of the molecule is CC(O)c1ccc(NC(=O)Nc2nccs2)cc1. The second-order valence-electron chi connectivity index (χ2n) is 3.71. The third-order valence-electron chi connectivity index (χ3n) is 2.30. The maximum absolute atomic E-state index is 11.6. The van der Waals surface area contributed by atoms with Crippen molar-refractivity contribution in [3.63, 3.8) is 0 Å². The average Bonchev–Trinajstić information content (AvgIpc) is 2.82. The van der Waals surface area contributed by atoms with Crippen LogP contribution in [0.4, 0.5) is 15.6 Å². The van der Waals surface area contributed by atoms with Crippen LogP contribution in [0.2, 0.25) is 0 Å². The van der Waals surface area contributed by atoms with Gasteiger partial charge >= 0.3 is 6.03 Å². The first-order valence-electron chi connectivity index (χ1n) is 5.40. The molecule has 1 aromatic heterocycles. The molecule has 2 aromatic rings. The van der Waals surface area contributed by atoms with E-state index < -0.39 is 6.10 Å². The molecule has 0 aliphatic carbocycles. The fourth-order valence-corrected chi connectivity index (χ4v) is 1.91. The Balaban J connectivity index is 1.95. The van der Waals surface area contributed by atoms with E-state index in [-0.39, 0.29) is 6.03 Å². The smallest absolute Gasteiger partial charge is 0.325 e. The number of aliphatic hydroxyl groups is 1. The van der Waals surface area contributed by atoms with Crippen molar-refractivity contribution in [3.8, 4) is 0 Å². The van der Waals surface area contributed by atoms with E-state index >= 15 is 0 Å². The van der Waals surface area contributed by atoms with Crippen LogP contribution in [0.25, 0.3) is 0 Å². The Morgan fingerprint density at radius 1 is 1.33 bits per heavy atom. The molecule has 5 nitrogen and oxygen atoms in total. The lowest BCUT2D eigenvalue weighted by molar-refractivity contribution is 0.199. The van der Waals surface area contributed by atoms with Gasteiger partial charge in [0, 0.05) is 17.3 Å². The number of amides is 2. The average molecular weight is 263 g/mol. The van der Waals surface area contributed by atoms with Gasteiger partial charge in [-0.2, -0.15) is 0 Å². The standard InChI is InChI=1S/C12H13N3O2S/c1-8(16)9-2-4-10(5-3-9)14-11(17)15-12-13-6-7-18-12/h2-8,16H,1H3,(H2,13,14,15,17). The van der Waals surface area contributed by atoms with E-state index in [1.807, 2.05) is 0 Å². The molecule has 0 spiro atoms. The van der Waals surface area contributed by atoms with Crippen LogP contribution in [-0.4, -0.2) is 16.1 Å². The number of rotatable bonds is 3. The van der Waals surface area contributed by atoms with Gasteiger partial charge in [-0.1, -0.05) is 12.1 Å². The molecule has 1 atom stereocenters. The van der Waals surface area contributed by atoms with Gasteiger partial charge < -0.3 is 10.4 Å². The number of hydrogen-bond donors (Lipinski definition) is 3. The normalized spacial score (nSPS) is 11.9. The van der Waals surface area contributed by atoms with Gasteiger partial charge in [0.05, 0.1) is 6.10 Å². The van der Waals surface area contributed by atoms with Crippen LogP contribution in [0.5, 0.6) is 0 Å². The Bertz CT molecular complexity index is 509. The van der Waals surface area contributed by atoms with E-state index in [2.05, 4.69) is 15.6 Å². The number of thiazole rings is 1. The van der Waals surface area contributed by atoms with Gasteiger partial charge in [-0.15, -0.1) is 11.3 Å². The minimum Gasteiger partial charge on any atom is -0.389 e. The van der Waals surface area contributed by atoms with Crippen molar-refractivity contribution in [3.05, 3.63) is 41.4 Å². The van der Waals surface area contributed by atoms with Crippen LogP contribution < -0.4 is 10.6 Å². The molecule has 94 valence electrons. The third-order valence-corrected chi connectivity index (χ3v) is 2.99. The van der Waals surface area contributed by atoms with E-state index in [1.165, 1.54) is 11.3 Å². The predicted octanol–water partition coefficient (Wildman–Crippen LogP) is 2.84. The highest BCUT2D eigenvalue weighted by Gasteiger charge is 2.05. The molecule has 0 radical (unpaired) electrons.